The average Bonchev–Trinajstić information content (AvgIpc) is 2.28. The molecule has 0 aliphatic carbocycles. The SMILES string of the molecule is CCCCCCP(Br)(CCCCCC)=N[Si](C)(C)C. The third-order valence-corrected chi connectivity index (χ3v) is 12.6. The Morgan fingerprint density at radius 2 is 1.21 bits per heavy atom. The minimum atomic E-state index is -1.30. The maximum atomic E-state index is 5.30. The molecule has 0 amide bonds. The monoisotopic (exact) mass is 367 g/mol. The molecule has 116 valence electrons. The maximum absolute atomic E-state index is 5.30. The van der Waals surface area contributed by atoms with Gasteiger partial charge in [0.25, 0.3) is 0 Å². The van der Waals surface area contributed by atoms with Crippen molar-refractivity contribution < 1.29 is 0 Å². The summed E-state index contributed by atoms with van der Waals surface area (Å²) in [6.07, 6.45) is 13.6. The van der Waals surface area contributed by atoms with Gasteiger partial charge in [0.15, 0.2) is 8.24 Å². The zero-order chi connectivity index (χ0) is 14.8. The molecule has 19 heavy (non-hydrogen) atoms. The maximum Gasteiger partial charge on any atom is 0.171 e. The van der Waals surface area contributed by atoms with E-state index in [1.165, 1.54) is 63.7 Å². The summed E-state index contributed by atoms with van der Waals surface area (Å²) in [6, 6.07) is 0. The highest BCUT2D eigenvalue weighted by molar-refractivity contribution is 9.40. The van der Waals surface area contributed by atoms with Crippen LogP contribution in [0.15, 0.2) is 4.41 Å². The molecule has 0 aliphatic heterocycles. The van der Waals surface area contributed by atoms with Gasteiger partial charge >= 0.3 is 0 Å². The smallest absolute Gasteiger partial charge is 0.171 e. The summed E-state index contributed by atoms with van der Waals surface area (Å²) in [6.45, 7) is 11.7. The molecule has 0 rings (SSSR count). The third-order valence-electron chi connectivity index (χ3n) is 3.19. The van der Waals surface area contributed by atoms with E-state index in [0.29, 0.717) is 0 Å². The summed E-state index contributed by atoms with van der Waals surface area (Å²) < 4.78 is 5.30. The summed E-state index contributed by atoms with van der Waals surface area (Å²) in [5.41, 5.74) is 0. The van der Waals surface area contributed by atoms with Crippen LogP contribution in [0.3, 0.4) is 0 Å². The number of halogens is 1. The van der Waals surface area contributed by atoms with Crippen LogP contribution < -0.4 is 0 Å². The van der Waals surface area contributed by atoms with Gasteiger partial charge in [0.1, 0.15) is 0 Å². The minimum Gasteiger partial charge on any atom is -0.328 e. The molecule has 0 saturated heterocycles. The first-order chi connectivity index (χ1) is 8.83. The Morgan fingerprint density at radius 1 is 0.789 bits per heavy atom. The largest absolute Gasteiger partial charge is 0.328 e. The predicted octanol–water partition coefficient (Wildman–Crippen LogP) is 7.49. The van der Waals surface area contributed by atoms with Crippen LogP contribution in [-0.4, -0.2) is 20.6 Å². The molecule has 4 heteroatoms. The van der Waals surface area contributed by atoms with Crippen molar-refractivity contribution in [2.45, 2.75) is 84.9 Å². The zero-order valence-electron chi connectivity index (χ0n) is 13.8. The molecule has 0 unspecified atom stereocenters. The molecule has 0 aliphatic rings. The van der Waals surface area contributed by atoms with Crippen molar-refractivity contribution in [1.82, 2.24) is 0 Å². The van der Waals surface area contributed by atoms with E-state index in [-0.39, 0.29) is 0 Å². The summed E-state index contributed by atoms with van der Waals surface area (Å²) >= 11 is 4.10. The topological polar surface area (TPSA) is 12.4 Å². The van der Waals surface area contributed by atoms with Gasteiger partial charge in [-0.15, -0.1) is 0 Å². The second kappa shape index (κ2) is 10.6. The number of hydrogen-bond donors (Lipinski definition) is 0. The van der Waals surface area contributed by atoms with Crippen molar-refractivity contribution >= 4 is 29.5 Å². The number of rotatable bonds is 11. The molecule has 0 saturated carbocycles. The Hall–Kier alpha value is 0.927. The van der Waals surface area contributed by atoms with Crippen LogP contribution in [0.25, 0.3) is 0 Å². The fourth-order valence-electron chi connectivity index (χ4n) is 2.31. The van der Waals surface area contributed by atoms with E-state index in [1.807, 2.05) is 0 Å². The molecular weight excluding hydrogens is 333 g/mol. The summed E-state index contributed by atoms with van der Waals surface area (Å²) in [5.74, 6) is -1.17. The van der Waals surface area contributed by atoms with Gasteiger partial charge in [0, 0.05) is 5.76 Å². The molecule has 0 aromatic carbocycles. The Morgan fingerprint density at radius 3 is 1.53 bits per heavy atom. The molecule has 0 N–H and O–H groups in total. The normalized spacial score (nSPS) is 12.7. The standard InChI is InChI=1S/C15H35BrNPSi/c1-6-8-10-12-14-18(16,17-19(3,4)5)15-13-11-9-7-2/h6-15H2,1-5H3. The Balaban J connectivity index is 4.41. The van der Waals surface area contributed by atoms with E-state index in [1.54, 1.807) is 0 Å². The van der Waals surface area contributed by atoms with Crippen LogP contribution >= 0.6 is 21.2 Å². The first-order valence-electron chi connectivity index (χ1n) is 8.14. The highest BCUT2D eigenvalue weighted by Crippen LogP contribution is 2.59. The summed E-state index contributed by atoms with van der Waals surface area (Å²) in [4.78, 5) is 0. The minimum absolute atomic E-state index is 1.17. The lowest BCUT2D eigenvalue weighted by atomic mass is 10.2. The van der Waals surface area contributed by atoms with Crippen LogP contribution in [0.2, 0.25) is 19.6 Å². The van der Waals surface area contributed by atoms with Crippen molar-refractivity contribution in [3.05, 3.63) is 0 Å². The van der Waals surface area contributed by atoms with Gasteiger partial charge in [0.05, 0.1) is 0 Å². The highest BCUT2D eigenvalue weighted by atomic mass is 79.9. The van der Waals surface area contributed by atoms with Crippen molar-refractivity contribution in [3.63, 3.8) is 0 Å². The molecule has 0 radical (unpaired) electrons. The first kappa shape index (κ1) is 19.9. The van der Waals surface area contributed by atoms with Crippen LogP contribution in [0.1, 0.15) is 65.2 Å². The lowest BCUT2D eigenvalue weighted by molar-refractivity contribution is 0.696. The first-order valence-corrected chi connectivity index (χ1v) is 15.7. The molecule has 0 fully saturated rings. The van der Waals surface area contributed by atoms with Gasteiger partial charge in [0.2, 0.25) is 0 Å². The fourth-order valence-corrected chi connectivity index (χ4v) is 14.8. The van der Waals surface area contributed by atoms with Crippen LogP contribution in [-0.2, 0) is 0 Å². The lowest BCUT2D eigenvalue weighted by Gasteiger charge is -2.23. The highest BCUT2D eigenvalue weighted by Gasteiger charge is 2.20. The lowest BCUT2D eigenvalue weighted by Crippen LogP contribution is -2.16. The van der Waals surface area contributed by atoms with Crippen molar-refractivity contribution in [2.75, 3.05) is 12.3 Å². The average molecular weight is 368 g/mol. The number of nitrogens with zero attached hydrogens (tertiary/aromatic N) is 1. The van der Waals surface area contributed by atoms with E-state index in [0.717, 1.165) is 0 Å². The van der Waals surface area contributed by atoms with Crippen molar-refractivity contribution in [2.24, 2.45) is 4.41 Å². The van der Waals surface area contributed by atoms with Gasteiger partial charge < -0.3 is 4.41 Å². The second-order valence-corrected chi connectivity index (χ2v) is 18.3. The van der Waals surface area contributed by atoms with Gasteiger partial charge in [-0.2, -0.15) is 0 Å². The molecule has 0 aromatic rings. The van der Waals surface area contributed by atoms with Gasteiger partial charge in [-0.25, -0.2) is 0 Å². The molecule has 0 heterocycles. The number of hydrogen-bond acceptors (Lipinski definition) is 1. The zero-order valence-corrected chi connectivity index (χ0v) is 17.3. The van der Waals surface area contributed by atoms with E-state index < -0.39 is 14.0 Å². The fraction of sp³-hybridized carbons (Fsp3) is 1.00. The molecule has 0 atom stereocenters. The number of unbranched alkanes of at least 4 members (excludes halogenated alkanes) is 6. The van der Waals surface area contributed by atoms with Crippen LogP contribution in [0, 0.1) is 0 Å². The summed E-state index contributed by atoms with van der Waals surface area (Å²) in [7, 11) is -1.30. The molecule has 0 aromatic heterocycles. The summed E-state index contributed by atoms with van der Waals surface area (Å²) in [5, 5.41) is 0. The van der Waals surface area contributed by atoms with Crippen molar-refractivity contribution in [3.8, 4) is 0 Å². The second-order valence-electron chi connectivity index (χ2n) is 6.66. The van der Waals surface area contributed by atoms with Crippen LogP contribution in [0.5, 0.6) is 0 Å². The molecule has 0 spiro atoms. The van der Waals surface area contributed by atoms with Gasteiger partial charge in [-0.1, -0.05) is 72.0 Å². The Kier molecular flexibility index (Phi) is 11.1. The van der Waals surface area contributed by atoms with E-state index >= 15 is 0 Å². The van der Waals surface area contributed by atoms with E-state index in [4.69, 9.17) is 4.41 Å². The van der Waals surface area contributed by atoms with E-state index in [9.17, 15) is 0 Å². The van der Waals surface area contributed by atoms with E-state index in [2.05, 4.69) is 49.0 Å². The van der Waals surface area contributed by atoms with Crippen molar-refractivity contribution in [1.29, 1.82) is 0 Å². The quantitative estimate of drug-likeness (QED) is 0.203. The molecule has 1 nitrogen and oxygen atoms in total. The Labute approximate surface area is 131 Å². The predicted molar refractivity (Wildman–Crippen MR) is 99.6 cm³/mol. The molecule has 0 bridgehead atoms. The third kappa shape index (κ3) is 12.4. The molecular formula is C15H35BrNPSi. The Bertz CT molecular complexity index is 258. The van der Waals surface area contributed by atoms with Gasteiger partial charge in [-0.05, 0) is 40.7 Å². The van der Waals surface area contributed by atoms with Gasteiger partial charge in [-0.3, -0.25) is 0 Å². The van der Waals surface area contributed by atoms with Crippen LogP contribution in [0.4, 0.5) is 0 Å².